The van der Waals surface area contributed by atoms with Crippen LogP contribution in [0.1, 0.15) is 27.0 Å². The van der Waals surface area contributed by atoms with Crippen LogP contribution in [0, 0.1) is 20.8 Å². The number of benzene rings is 2. The molecule has 0 fully saturated rings. The third-order valence-electron chi connectivity index (χ3n) is 3.86. The van der Waals surface area contributed by atoms with Crippen LogP contribution in [0.15, 0.2) is 53.3 Å². The summed E-state index contributed by atoms with van der Waals surface area (Å²) in [7, 11) is 0. The smallest absolute Gasteiger partial charge is 0.255 e. The van der Waals surface area contributed by atoms with Gasteiger partial charge in [-0.3, -0.25) is 4.79 Å². The molecule has 0 saturated carbocycles. The second-order valence-electron chi connectivity index (χ2n) is 5.88. The van der Waals surface area contributed by atoms with Crippen molar-refractivity contribution in [3.05, 3.63) is 75.5 Å². The molecule has 0 radical (unpaired) electrons. The lowest BCUT2D eigenvalue weighted by atomic mass is 10.0. The maximum absolute atomic E-state index is 12.5. The number of carbonyl (C=O) groups is 1. The minimum absolute atomic E-state index is 0.113. The summed E-state index contributed by atoms with van der Waals surface area (Å²) in [6, 6.07) is 11.5. The van der Waals surface area contributed by atoms with Gasteiger partial charge in [-0.15, -0.1) is 0 Å². The third kappa shape index (κ3) is 3.41. The number of hydrogen-bond donors (Lipinski definition) is 1. The molecule has 3 aromatic rings. The molecule has 4 nitrogen and oxygen atoms in total. The molecule has 0 unspecified atom stereocenters. The number of amides is 1. The van der Waals surface area contributed by atoms with Crippen LogP contribution in [0.2, 0.25) is 0 Å². The molecule has 2 aromatic carbocycles. The van der Waals surface area contributed by atoms with E-state index in [0.29, 0.717) is 5.56 Å². The molecule has 1 amide bonds. The van der Waals surface area contributed by atoms with Gasteiger partial charge < -0.3 is 5.32 Å². The van der Waals surface area contributed by atoms with Crippen LogP contribution in [-0.2, 0) is 0 Å². The Kier molecular flexibility index (Phi) is 4.53. The predicted octanol–water partition coefficient (Wildman–Crippen LogP) is 4.81. The van der Waals surface area contributed by atoms with Gasteiger partial charge in [-0.05, 0) is 72.1 Å². The molecule has 5 heteroatoms. The van der Waals surface area contributed by atoms with E-state index in [2.05, 4.69) is 45.4 Å². The van der Waals surface area contributed by atoms with E-state index in [1.54, 1.807) is 23.0 Å². The molecule has 0 aliphatic carbocycles. The van der Waals surface area contributed by atoms with Gasteiger partial charge >= 0.3 is 0 Å². The van der Waals surface area contributed by atoms with Crippen LogP contribution in [0.4, 0.5) is 5.69 Å². The first-order valence-electron chi connectivity index (χ1n) is 7.64. The quantitative estimate of drug-likeness (QED) is 0.704. The third-order valence-corrected chi connectivity index (χ3v) is 4.27. The van der Waals surface area contributed by atoms with Gasteiger partial charge in [0, 0.05) is 17.4 Å². The molecule has 0 aliphatic heterocycles. The largest absolute Gasteiger partial charge is 0.322 e. The van der Waals surface area contributed by atoms with Crippen LogP contribution in [-0.4, -0.2) is 15.7 Å². The second-order valence-corrected chi connectivity index (χ2v) is 6.79. The number of aryl methyl sites for hydroxylation is 3. The van der Waals surface area contributed by atoms with Crippen molar-refractivity contribution in [2.75, 3.05) is 5.32 Å². The van der Waals surface area contributed by atoms with Crippen molar-refractivity contribution in [1.29, 1.82) is 0 Å². The van der Waals surface area contributed by atoms with Gasteiger partial charge in [0.25, 0.3) is 5.91 Å². The first kappa shape index (κ1) is 16.5. The monoisotopic (exact) mass is 383 g/mol. The van der Waals surface area contributed by atoms with E-state index in [0.717, 1.165) is 27.0 Å². The Bertz CT molecular complexity index is 874. The lowest BCUT2D eigenvalue weighted by Gasteiger charge is -2.13. The number of carbonyl (C=O) groups excluding carboxylic acids is 1. The highest BCUT2D eigenvalue weighted by atomic mass is 79.9. The standard InChI is InChI=1S/C19H18BrN3O/c1-12-8-13(2)18(14(3)9-12)22-19(24)15-4-6-17(7-5-15)23-11-16(20)10-21-23/h4-11H,1-3H3,(H,22,24). The SMILES string of the molecule is Cc1cc(C)c(NC(=O)c2ccc(-n3cc(Br)cn3)cc2)c(C)c1. The van der Waals surface area contributed by atoms with Gasteiger partial charge in [0.05, 0.1) is 16.4 Å². The van der Waals surface area contributed by atoms with E-state index in [1.165, 1.54) is 5.56 Å². The summed E-state index contributed by atoms with van der Waals surface area (Å²) in [6.45, 7) is 6.07. The minimum atomic E-state index is -0.113. The van der Waals surface area contributed by atoms with Crippen LogP contribution in [0.3, 0.4) is 0 Å². The first-order valence-corrected chi connectivity index (χ1v) is 8.43. The number of rotatable bonds is 3. The number of aromatic nitrogens is 2. The van der Waals surface area contributed by atoms with E-state index in [1.807, 2.05) is 32.2 Å². The zero-order valence-corrected chi connectivity index (χ0v) is 15.4. The van der Waals surface area contributed by atoms with Crippen LogP contribution < -0.4 is 5.32 Å². The highest BCUT2D eigenvalue weighted by molar-refractivity contribution is 9.10. The molecule has 122 valence electrons. The maximum Gasteiger partial charge on any atom is 0.255 e. The van der Waals surface area contributed by atoms with Crippen LogP contribution >= 0.6 is 15.9 Å². The summed E-state index contributed by atoms with van der Waals surface area (Å²) >= 11 is 3.38. The average Bonchev–Trinajstić information content (AvgIpc) is 2.97. The highest BCUT2D eigenvalue weighted by Gasteiger charge is 2.10. The molecule has 0 aliphatic rings. The Labute approximate surface area is 149 Å². The Morgan fingerprint density at radius 1 is 1.08 bits per heavy atom. The summed E-state index contributed by atoms with van der Waals surface area (Å²) in [5, 5.41) is 7.25. The predicted molar refractivity (Wildman–Crippen MR) is 99.9 cm³/mol. The van der Waals surface area contributed by atoms with Gasteiger partial charge in [0.2, 0.25) is 0 Å². The van der Waals surface area contributed by atoms with E-state index >= 15 is 0 Å². The molecular formula is C19H18BrN3O. The molecule has 24 heavy (non-hydrogen) atoms. The molecule has 0 bridgehead atoms. The van der Waals surface area contributed by atoms with Gasteiger partial charge in [0.1, 0.15) is 0 Å². The zero-order chi connectivity index (χ0) is 17.3. The number of anilines is 1. The fourth-order valence-electron chi connectivity index (χ4n) is 2.77. The maximum atomic E-state index is 12.5. The minimum Gasteiger partial charge on any atom is -0.322 e. The molecule has 1 aromatic heterocycles. The van der Waals surface area contributed by atoms with E-state index in [-0.39, 0.29) is 5.91 Å². The van der Waals surface area contributed by atoms with Gasteiger partial charge in [0.15, 0.2) is 0 Å². The zero-order valence-electron chi connectivity index (χ0n) is 13.8. The average molecular weight is 384 g/mol. The van der Waals surface area contributed by atoms with Gasteiger partial charge in [-0.1, -0.05) is 17.7 Å². The topological polar surface area (TPSA) is 46.9 Å². The normalized spacial score (nSPS) is 10.7. The van der Waals surface area contributed by atoms with Crippen LogP contribution in [0.5, 0.6) is 0 Å². The summed E-state index contributed by atoms with van der Waals surface area (Å²) in [4.78, 5) is 12.5. The van der Waals surface area contributed by atoms with E-state index in [4.69, 9.17) is 0 Å². The number of hydrogen-bond acceptors (Lipinski definition) is 2. The second kappa shape index (κ2) is 6.61. The Morgan fingerprint density at radius 3 is 2.25 bits per heavy atom. The Balaban J connectivity index is 1.81. The van der Waals surface area contributed by atoms with E-state index < -0.39 is 0 Å². The molecule has 0 spiro atoms. The van der Waals surface area contributed by atoms with Crippen molar-refractivity contribution in [2.24, 2.45) is 0 Å². The fraction of sp³-hybridized carbons (Fsp3) is 0.158. The molecule has 1 heterocycles. The highest BCUT2D eigenvalue weighted by Crippen LogP contribution is 2.23. The summed E-state index contributed by atoms with van der Waals surface area (Å²) in [5.41, 5.74) is 5.73. The van der Waals surface area contributed by atoms with Crippen molar-refractivity contribution in [3.63, 3.8) is 0 Å². The number of nitrogens with zero attached hydrogens (tertiary/aromatic N) is 2. The van der Waals surface area contributed by atoms with E-state index in [9.17, 15) is 4.79 Å². The number of halogens is 1. The van der Waals surface area contributed by atoms with Crippen molar-refractivity contribution < 1.29 is 4.79 Å². The first-order chi connectivity index (χ1) is 11.4. The summed E-state index contributed by atoms with van der Waals surface area (Å²) in [5.74, 6) is -0.113. The molecule has 3 rings (SSSR count). The Morgan fingerprint density at radius 2 is 1.71 bits per heavy atom. The number of nitrogens with one attached hydrogen (secondary N) is 1. The lowest BCUT2D eigenvalue weighted by molar-refractivity contribution is 0.102. The van der Waals surface area contributed by atoms with Crippen molar-refractivity contribution in [1.82, 2.24) is 9.78 Å². The van der Waals surface area contributed by atoms with Crippen molar-refractivity contribution in [3.8, 4) is 5.69 Å². The Hall–Kier alpha value is -2.40. The fourth-order valence-corrected chi connectivity index (χ4v) is 3.06. The van der Waals surface area contributed by atoms with Gasteiger partial charge in [-0.25, -0.2) is 4.68 Å². The lowest BCUT2D eigenvalue weighted by Crippen LogP contribution is -2.14. The van der Waals surface area contributed by atoms with Gasteiger partial charge in [-0.2, -0.15) is 5.10 Å². The molecule has 0 atom stereocenters. The van der Waals surface area contributed by atoms with Crippen molar-refractivity contribution >= 4 is 27.5 Å². The van der Waals surface area contributed by atoms with Crippen LogP contribution in [0.25, 0.3) is 5.69 Å². The summed E-state index contributed by atoms with van der Waals surface area (Å²) in [6.07, 6.45) is 3.59. The molecular weight excluding hydrogens is 366 g/mol. The molecule has 1 N–H and O–H groups in total. The molecule has 0 saturated heterocycles. The summed E-state index contributed by atoms with van der Waals surface area (Å²) < 4.78 is 2.66. The van der Waals surface area contributed by atoms with Crippen molar-refractivity contribution in [2.45, 2.75) is 20.8 Å².